The Kier molecular flexibility index (Phi) is 4.66. The van der Waals surface area contributed by atoms with Crippen LogP contribution in [-0.4, -0.2) is 32.6 Å². The van der Waals surface area contributed by atoms with Gasteiger partial charge in [-0.15, -0.1) is 0 Å². The van der Waals surface area contributed by atoms with Crippen molar-refractivity contribution in [2.24, 2.45) is 0 Å². The summed E-state index contributed by atoms with van der Waals surface area (Å²) >= 11 is 6.19. The zero-order chi connectivity index (χ0) is 13.8. The van der Waals surface area contributed by atoms with Crippen molar-refractivity contribution < 1.29 is 4.79 Å². The predicted octanol–water partition coefficient (Wildman–Crippen LogP) is 2.49. The van der Waals surface area contributed by atoms with E-state index in [0.29, 0.717) is 5.02 Å². The first-order valence-electron chi connectivity index (χ1n) is 6.59. The summed E-state index contributed by atoms with van der Waals surface area (Å²) in [6.45, 7) is 0.915. The van der Waals surface area contributed by atoms with E-state index in [9.17, 15) is 4.79 Å². The van der Waals surface area contributed by atoms with Crippen LogP contribution < -0.4 is 15.5 Å². The summed E-state index contributed by atoms with van der Waals surface area (Å²) in [6.07, 6.45) is 3.15. The minimum absolute atomic E-state index is 0.0216. The number of piperidine rings is 1. The van der Waals surface area contributed by atoms with Crippen molar-refractivity contribution >= 4 is 28.9 Å². The zero-order valence-corrected chi connectivity index (χ0v) is 12.1. The highest BCUT2D eigenvalue weighted by Crippen LogP contribution is 2.27. The van der Waals surface area contributed by atoms with Crippen LogP contribution in [0.1, 0.15) is 19.3 Å². The molecule has 0 aliphatic carbocycles. The number of benzene rings is 1. The maximum Gasteiger partial charge on any atom is 0.241 e. The lowest BCUT2D eigenvalue weighted by molar-refractivity contribution is -0.118. The molecule has 1 aromatic rings. The first kappa shape index (κ1) is 14.2. The molecular formula is C14H20ClN3O. The SMILES string of the molecule is CN(C)c1ccc(NC(=O)C2CCCCN2)cc1Cl. The van der Waals surface area contributed by atoms with Crippen molar-refractivity contribution in [3.05, 3.63) is 23.2 Å². The topological polar surface area (TPSA) is 44.4 Å². The lowest BCUT2D eigenvalue weighted by atomic mass is 10.0. The van der Waals surface area contributed by atoms with Gasteiger partial charge >= 0.3 is 0 Å². The van der Waals surface area contributed by atoms with Gasteiger partial charge < -0.3 is 15.5 Å². The highest BCUT2D eigenvalue weighted by Gasteiger charge is 2.20. The maximum absolute atomic E-state index is 12.1. The van der Waals surface area contributed by atoms with E-state index < -0.39 is 0 Å². The quantitative estimate of drug-likeness (QED) is 0.895. The van der Waals surface area contributed by atoms with Crippen LogP contribution in [0.25, 0.3) is 0 Å². The molecule has 1 fully saturated rings. The summed E-state index contributed by atoms with van der Waals surface area (Å²) in [6, 6.07) is 5.49. The number of hydrogen-bond acceptors (Lipinski definition) is 3. The van der Waals surface area contributed by atoms with Crippen LogP contribution in [0.15, 0.2) is 18.2 Å². The fraction of sp³-hybridized carbons (Fsp3) is 0.500. The number of halogens is 1. The second kappa shape index (κ2) is 6.26. The van der Waals surface area contributed by atoms with Gasteiger partial charge in [0.2, 0.25) is 5.91 Å². The van der Waals surface area contributed by atoms with Gasteiger partial charge in [0, 0.05) is 19.8 Å². The lowest BCUT2D eigenvalue weighted by Gasteiger charge is -2.23. The summed E-state index contributed by atoms with van der Waals surface area (Å²) in [5.74, 6) is 0.0216. The first-order chi connectivity index (χ1) is 9.08. The average Bonchev–Trinajstić information content (AvgIpc) is 2.39. The third kappa shape index (κ3) is 3.61. The van der Waals surface area contributed by atoms with Crippen molar-refractivity contribution in [1.29, 1.82) is 0 Å². The molecule has 19 heavy (non-hydrogen) atoms. The largest absolute Gasteiger partial charge is 0.376 e. The van der Waals surface area contributed by atoms with Gasteiger partial charge in [0.1, 0.15) is 0 Å². The van der Waals surface area contributed by atoms with Gasteiger partial charge in [-0.3, -0.25) is 4.79 Å². The number of carbonyl (C=O) groups is 1. The molecule has 0 bridgehead atoms. The Morgan fingerprint density at radius 2 is 2.21 bits per heavy atom. The van der Waals surface area contributed by atoms with Gasteiger partial charge in [0.15, 0.2) is 0 Å². The molecule has 5 heteroatoms. The summed E-state index contributed by atoms with van der Waals surface area (Å²) in [4.78, 5) is 14.0. The van der Waals surface area contributed by atoms with E-state index in [1.54, 1.807) is 6.07 Å². The molecular weight excluding hydrogens is 262 g/mol. The molecule has 0 aromatic heterocycles. The molecule has 4 nitrogen and oxygen atoms in total. The second-order valence-corrected chi connectivity index (χ2v) is 5.46. The number of hydrogen-bond donors (Lipinski definition) is 2. The molecule has 2 rings (SSSR count). The molecule has 1 aliphatic rings. The van der Waals surface area contributed by atoms with Gasteiger partial charge in [0.05, 0.1) is 16.8 Å². The normalized spacial score (nSPS) is 19.0. The Hall–Kier alpha value is -1.26. The van der Waals surface area contributed by atoms with Crippen molar-refractivity contribution in [2.75, 3.05) is 30.9 Å². The molecule has 0 radical (unpaired) electrons. The van der Waals surface area contributed by atoms with Crippen LogP contribution in [-0.2, 0) is 4.79 Å². The van der Waals surface area contributed by atoms with Crippen LogP contribution in [0.2, 0.25) is 5.02 Å². The lowest BCUT2D eigenvalue weighted by Crippen LogP contribution is -2.43. The smallest absolute Gasteiger partial charge is 0.241 e. The number of carbonyl (C=O) groups excluding carboxylic acids is 1. The Bertz CT molecular complexity index is 456. The fourth-order valence-electron chi connectivity index (χ4n) is 2.25. The maximum atomic E-state index is 12.1. The molecule has 1 unspecified atom stereocenters. The van der Waals surface area contributed by atoms with Crippen molar-refractivity contribution in [2.45, 2.75) is 25.3 Å². The zero-order valence-electron chi connectivity index (χ0n) is 11.4. The summed E-state index contributed by atoms with van der Waals surface area (Å²) in [5.41, 5.74) is 1.68. The monoisotopic (exact) mass is 281 g/mol. The van der Waals surface area contributed by atoms with Crippen molar-refractivity contribution in [3.8, 4) is 0 Å². The minimum Gasteiger partial charge on any atom is -0.376 e. The molecule has 0 saturated carbocycles. The molecule has 1 aliphatic heterocycles. The molecule has 0 spiro atoms. The Labute approximate surface area is 119 Å². The highest BCUT2D eigenvalue weighted by atomic mass is 35.5. The third-order valence-electron chi connectivity index (χ3n) is 3.32. The molecule has 1 amide bonds. The predicted molar refractivity (Wildman–Crippen MR) is 80.1 cm³/mol. The molecule has 1 aromatic carbocycles. The molecule has 1 atom stereocenters. The molecule has 1 heterocycles. The molecule has 1 saturated heterocycles. The van der Waals surface area contributed by atoms with Crippen LogP contribution in [0, 0.1) is 0 Å². The van der Waals surface area contributed by atoms with Gasteiger partial charge in [-0.05, 0) is 37.6 Å². The van der Waals surface area contributed by atoms with Crippen molar-refractivity contribution in [3.63, 3.8) is 0 Å². The first-order valence-corrected chi connectivity index (χ1v) is 6.97. The summed E-state index contributed by atoms with van der Waals surface area (Å²) in [7, 11) is 3.87. The van der Waals surface area contributed by atoms with E-state index in [1.807, 2.05) is 31.1 Å². The molecule has 104 valence electrons. The number of amides is 1. The average molecular weight is 282 g/mol. The van der Waals surface area contributed by atoms with E-state index in [0.717, 1.165) is 37.2 Å². The number of nitrogens with zero attached hydrogens (tertiary/aromatic N) is 1. The summed E-state index contributed by atoms with van der Waals surface area (Å²) in [5, 5.41) is 6.78. The number of rotatable bonds is 3. The van der Waals surface area contributed by atoms with Crippen LogP contribution in [0.4, 0.5) is 11.4 Å². The standard InChI is InChI=1S/C14H20ClN3O/c1-18(2)13-7-6-10(9-11(13)15)17-14(19)12-5-3-4-8-16-12/h6-7,9,12,16H,3-5,8H2,1-2H3,(H,17,19). The van der Waals surface area contributed by atoms with E-state index in [-0.39, 0.29) is 11.9 Å². The second-order valence-electron chi connectivity index (χ2n) is 5.05. The van der Waals surface area contributed by atoms with Crippen molar-refractivity contribution in [1.82, 2.24) is 5.32 Å². The Balaban J connectivity index is 2.02. The van der Waals surface area contributed by atoms with Crippen LogP contribution in [0.5, 0.6) is 0 Å². The summed E-state index contributed by atoms with van der Waals surface area (Å²) < 4.78 is 0. The van der Waals surface area contributed by atoms with E-state index in [2.05, 4.69) is 10.6 Å². The van der Waals surface area contributed by atoms with Gasteiger partial charge in [-0.2, -0.15) is 0 Å². The minimum atomic E-state index is -0.0824. The van der Waals surface area contributed by atoms with Crippen LogP contribution >= 0.6 is 11.6 Å². The van der Waals surface area contributed by atoms with Gasteiger partial charge in [-0.25, -0.2) is 0 Å². The van der Waals surface area contributed by atoms with E-state index >= 15 is 0 Å². The van der Waals surface area contributed by atoms with E-state index in [4.69, 9.17) is 11.6 Å². The number of anilines is 2. The Morgan fingerprint density at radius 1 is 1.42 bits per heavy atom. The number of nitrogens with one attached hydrogen (secondary N) is 2. The van der Waals surface area contributed by atoms with Gasteiger partial charge in [0.25, 0.3) is 0 Å². The Morgan fingerprint density at radius 3 is 2.79 bits per heavy atom. The van der Waals surface area contributed by atoms with E-state index in [1.165, 1.54) is 0 Å². The third-order valence-corrected chi connectivity index (χ3v) is 3.63. The highest BCUT2D eigenvalue weighted by molar-refractivity contribution is 6.33. The fourth-order valence-corrected chi connectivity index (χ4v) is 2.60. The van der Waals surface area contributed by atoms with Crippen LogP contribution in [0.3, 0.4) is 0 Å². The molecule has 2 N–H and O–H groups in total. The van der Waals surface area contributed by atoms with Gasteiger partial charge in [-0.1, -0.05) is 18.0 Å².